The lowest BCUT2D eigenvalue weighted by Crippen LogP contribution is -2.33. The van der Waals surface area contributed by atoms with E-state index in [9.17, 15) is 23.4 Å². The van der Waals surface area contributed by atoms with Crippen molar-refractivity contribution in [2.24, 2.45) is 0 Å². The van der Waals surface area contributed by atoms with E-state index in [1.54, 1.807) is 24.3 Å². The van der Waals surface area contributed by atoms with Crippen LogP contribution in [0, 0.1) is 0 Å². The number of para-hydroxylation sites is 1. The topological polar surface area (TPSA) is 132 Å². The minimum absolute atomic E-state index is 0.0172. The van der Waals surface area contributed by atoms with E-state index in [-0.39, 0.29) is 29.4 Å². The molecule has 4 aromatic rings. The SMILES string of the molecule is CC(C)NC(=O)c1c(C(c2ccc(O)cc2)c2ccc(O)cc2)c2ccccc2n1CCN(C)C.CS(=O)(=O)O. The smallest absolute Gasteiger partial charge is 0.268 e. The summed E-state index contributed by atoms with van der Waals surface area (Å²) in [5.41, 5.74) is 4.44. The first-order valence-electron chi connectivity index (χ1n) is 12.8. The van der Waals surface area contributed by atoms with Gasteiger partial charge < -0.3 is 25.0 Å². The number of nitrogens with one attached hydrogen (secondary N) is 1. The average Bonchev–Trinajstić information content (AvgIpc) is 3.18. The van der Waals surface area contributed by atoms with Crippen LogP contribution >= 0.6 is 0 Å². The number of carbonyl (C=O) groups excluding carboxylic acids is 1. The zero-order valence-electron chi connectivity index (χ0n) is 23.4. The highest BCUT2D eigenvalue weighted by Crippen LogP contribution is 2.41. The minimum Gasteiger partial charge on any atom is -0.508 e. The molecule has 0 aliphatic carbocycles. The number of phenols is 2. The quantitative estimate of drug-likeness (QED) is 0.232. The molecule has 0 aliphatic rings. The van der Waals surface area contributed by atoms with E-state index >= 15 is 0 Å². The summed E-state index contributed by atoms with van der Waals surface area (Å²) < 4.78 is 28.0. The molecule has 4 rings (SSSR count). The van der Waals surface area contributed by atoms with Gasteiger partial charge in [0, 0.05) is 41.5 Å². The number of carbonyl (C=O) groups is 1. The van der Waals surface area contributed by atoms with Crippen LogP contribution in [0.3, 0.4) is 0 Å². The van der Waals surface area contributed by atoms with Gasteiger partial charge in [0.1, 0.15) is 17.2 Å². The molecule has 9 nitrogen and oxygen atoms in total. The van der Waals surface area contributed by atoms with Crippen LogP contribution in [-0.4, -0.2) is 71.5 Å². The molecule has 0 radical (unpaired) electrons. The Morgan fingerprint density at radius 2 is 1.38 bits per heavy atom. The van der Waals surface area contributed by atoms with E-state index in [1.165, 1.54) is 0 Å². The van der Waals surface area contributed by atoms with Gasteiger partial charge in [-0.05, 0) is 69.4 Å². The Balaban J connectivity index is 0.000000810. The largest absolute Gasteiger partial charge is 0.508 e. The van der Waals surface area contributed by atoms with Crippen molar-refractivity contribution in [3.8, 4) is 11.5 Å². The molecule has 0 atom stereocenters. The van der Waals surface area contributed by atoms with Crippen molar-refractivity contribution >= 4 is 26.9 Å². The monoisotopic (exact) mass is 567 g/mol. The van der Waals surface area contributed by atoms with Crippen LogP contribution in [0.5, 0.6) is 11.5 Å². The summed E-state index contributed by atoms with van der Waals surface area (Å²) in [6, 6.07) is 22.3. The second-order valence-corrected chi connectivity index (χ2v) is 11.7. The molecule has 4 N–H and O–H groups in total. The number of hydrogen-bond acceptors (Lipinski definition) is 6. The zero-order chi connectivity index (χ0) is 29.6. The van der Waals surface area contributed by atoms with Crippen LogP contribution < -0.4 is 5.32 Å². The highest BCUT2D eigenvalue weighted by atomic mass is 32.2. The second kappa shape index (κ2) is 13.0. The number of phenolic OH excluding ortho intramolecular Hbond substituents is 2. The summed E-state index contributed by atoms with van der Waals surface area (Å²) in [5, 5.41) is 24.0. The molecule has 1 heterocycles. The third-order valence-electron chi connectivity index (χ3n) is 6.16. The molecule has 1 amide bonds. The Labute approximate surface area is 235 Å². The van der Waals surface area contributed by atoms with E-state index in [1.807, 2.05) is 64.3 Å². The van der Waals surface area contributed by atoms with Crippen LogP contribution in [-0.2, 0) is 16.7 Å². The van der Waals surface area contributed by atoms with Crippen LogP contribution in [0.2, 0.25) is 0 Å². The van der Waals surface area contributed by atoms with Crippen LogP contribution in [0.25, 0.3) is 10.9 Å². The molecule has 1 aromatic heterocycles. The number of benzene rings is 3. The molecule has 0 bridgehead atoms. The molecule has 3 aromatic carbocycles. The number of aromatic hydroxyl groups is 2. The van der Waals surface area contributed by atoms with Crippen molar-refractivity contribution in [3.05, 3.63) is 95.2 Å². The first-order chi connectivity index (χ1) is 18.8. The number of hydrogen-bond donors (Lipinski definition) is 4. The normalized spacial score (nSPS) is 11.6. The molecule has 214 valence electrons. The predicted octanol–water partition coefficient (Wildman–Crippen LogP) is 4.44. The standard InChI is InChI=1S/C29H33N3O3.CH4O3S/c1-19(2)30-29(35)28-27(24-7-5-6-8-25(24)32(28)18-17-31(3)4)26(20-9-13-22(33)14-10-20)21-11-15-23(34)16-12-21;1-5(2,3)4/h5-16,19,26,33-34H,17-18H2,1-4H3,(H,30,35);1H3,(H,2,3,4). The van der Waals surface area contributed by atoms with Crippen LogP contribution in [0.15, 0.2) is 72.8 Å². The van der Waals surface area contributed by atoms with Gasteiger partial charge in [0.25, 0.3) is 16.0 Å². The number of likely N-dealkylation sites (N-methyl/N-ethyl adjacent to an activating group) is 1. The maximum absolute atomic E-state index is 13.8. The van der Waals surface area contributed by atoms with Gasteiger partial charge in [0.15, 0.2) is 0 Å². The van der Waals surface area contributed by atoms with Gasteiger partial charge in [-0.3, -0.25) is 9.35 Å². The van der Waals surface area contributed by atoms with E-state index in [0.717, 1.165) is 34.1 Å². The fourth-order valence-corrected chi connectivity index (χ4v) is 4.59. The number of rotatable bonds is 8. The van der Waals surface area contributed by atoms with Gasteiger partial charge in [-0.25, -0.2) is 0 Å². The molecular formula is C30H37N3O6S. The third kappa shape index (κ3) is 8.08. The minimum atomic E-state index is -3.67. The van der Waals surface area contributed by atoms with Crippen molar-refractivity contribution in [3.63, 3.8) is 0 Å². The van der Waals surface area contributed by atoms with Crippen molar-refractivity contribution in [2.45, 2.75) is 32.4 Å². The summed E-state index contributed by atoms with van der Waals surface area (Å²) in [6.07, 6.45) is 0.715. The number of nitrogens with zero attached hydrogens (tertiary/aromatic N) is 2. The second-order valence-electron chi connectivity index (χ2n) is 10.2. The van der Waals surface area contributed by atoms with Gasteiger partial charge >= 0.3 is 0 Å². The molecule has 0 spiro atoms. The lowest BCUT2D eigenvalue weighted by molar-refractivity contribution is 0.0932. The molecule has 0 unspecified atom stereocenters. The molecule has 10 heteroatoms. The third-order valence-corrected chi connectivity index (χ3v) is 6.16. The Hall–Kier alpha value is -3.86. The molecule has 0 saturated carbocycles. The number of amides is 1. The van der Waals surface area contributed by atoms with Gasteiger partial charge in [-0.15, -0.1) is 0 Å². The Morgan fingerprint density at radius 1 is 0.900 bits per heavy atom. The van der Waals surface area contributed by atoms with Crippen molar-refractivity contribution < 1.29 is 28.0 Å². The highest BCUT2D eigenvalue weighted by Gasteiger charge is 2.30. The summed E-state index contributed by atoms with van der Waals surface area (Å²) in [6.45, 7) is 5.36. The number of aromatic nitrogens is 1. The molecular weight excluding hydrogens is 530 g/mol. The summed E-state index contributed by atoms with van der Waals surface area (Å²) in [5.74, 6) is -0.0316. The maximum atomic E-state index is 13.8. The Bertz CT molecular complexity index is 1490. The van der Waals surface area contributed by atoms with Gasteiger partial charge in [-0.1, -0.05) is 42.5 Å². The van der Waals surface area contributed by atoms with Crippen molar-refractivity contribution in [1.82, 2.24) is 14.8 Å². The van der Waals surface area contributed by atoms with Crippen LogP contribution in [0.4, 0.5) is 0 Å². The zero-order valence-corrected chi connectivity index (χ0v) is 24.2. The fraction of sp³-hybridized carbons (Fsp3) is 0.300. The Kier molecular flexibility index (Phi) is 9.97. The number of fused-ring (bicyclic) bond motifs is 1. The summed E-state index contributed by atoms with van der Waals surface area (Å²) in [4.78, 5) is 15.9. The van der Waals surface area contributed by atoms with Gasteiger partial charge in [-0.2, -0.15) is 8.42 Å². The lowest BCUT2D eigenvalue weighted by Gasteiger charge is -2.22. The average molecular weight is 568 g/mol. The van der Waals surface area contributed by atoms with Crippen LogP contribution in [0.1, 0.15) is 46.9 Å². The summed E-state index contributed by atoms with van der Waals surface area (Å²) >= 11 is 0. The van der Waals surface area contributed by atoms with E-state index in [2.05, 4.69) is 26.9 Å². The maximum Gasteiger partial charge on any atom is 0.268 e. The first-order valence-corrected chi connectivity index (χ1v) is 14.7. The first kappa shape index (κ1) is 30.7. The van der Waals surface area contributed by atoms with E-state index in [4.69, 9.17) is 4.55 Å². The van der Waals surface area contributed by atoms with Gasteiger partial charge in [0.2, 0.25) is 0 Å². The molecule has 40 heavy (non-hydrogen) atoms. The lowest BCUT2D eigenvalue weighted by atomic mass is 9.83. The molecule has 0 fully saturated rings. The van der Waals surface area contributed by atoms with Gasteiger partial charge in [0.05, 0.1) is 6.26 Å². The highest BCUT2D eigenvalue weighted by molar-refractivity contribution is 7.85. The fourth-order valence-electron chi connectivity index (χ4n) is 4.59. The van der Waals surface area contributed by atoms with Crippen molar-refractivity contribution in [2.75, 3.05) is 26.9 Å². The summed E-state index contributed by atoms with van der Waals surface area (Å²) in [7, 11) is 0.381. The Morgan fingerprint density at radius 3 is 1.82 bits per heavy atom. The van der Waals surface area contributed by atoms with Crippen molar-refractivity contribution in [1.29, 1.82) is 0 Å². The molecule has 0 aliphatic heterocycles. The van der Waals surface area contributed by atoms with E-state index in [0.29, 0.717) is 18.5 Å². The molecule has 0 saturated heterocycles. The predicted molar refractivity (Wildman–Crippen MR) is 158 cm³/mol. The van der Waals surface area contributed by atoms with E-state index < -0.39 is 10.1 Å².